The van der Waals surface area contributed by atoms with E-state index in [2.05, 4.69) is 13.8 Å². The molecule has 4 saturated carbocycles. The van der Waals surface area contributed by atoms with Crippen LogP contribution in [0.1, 0.15) is 79.1 Å². The quantitative estimate of drug-likeness (QED) is 0.736. The summed E-state index contributed by atoms with van der Waals surface area (Å²) in [4.78, 5) is 24.4. The van der Waals surface area contributed by atoms with Crippen molar-refractivity contribution >= 4 is 11.8 Å². The highest BCUT2D eigenvalue weighted by molar-refractivity contribution is 5.80. The maximum Gasteiger partial charge on any atom is 0.302 e. The fourth-order valence-corrected chi connectivity index (χ4v) is 8.21. The van der Waals surface area contributed by atoms with E-state index < -0.39 is 0 Å². The van der Waals surface area contributed by atoms with Crippen LogP contribution in [0.4, 0.5) is 0 Å². The third-order valence-electron chi connectivity index (χ3n) is 9.51. The molecule has 0 amide bonds. The number of hydrogen-bond acceptors (Lipinski definition) is 4. The maximum absolute atomic E-state index is 12.5. The highest BCUT2D eigenvalue weighted by Crippen LogP contribution is 2.68. The molecule has 0 aromatic heterocycles. The molecule has 0 spiro atoms. The lowest BCUT2D eigenvalue weighted by atomic mass is 9.44. The molecule has 0 saturated heterocycles. The number of aliphatic hydroxyl groups is 1. The largest absolute Gasteiger partial charge is 0.462 e. The Morgan fingerprint density at radius 1 is 0.963 bits per heavy atom. The van der Waals surface area contributed by atoms with Crippen LogP contribution in [0, 0.1) is 40.4 Å². The van der Waals surface area contributed by atoms with Gasteiger partial charge in [0.05, 0.1) is 6.10 Å². The van der Waals surface area contributed by atoms with E-state index in [1.807, 2.05) is 0 Å². The van der Waals surface area contributed by atoms with Crippen molar-refractivity contribution in [3.8, 4) is 0 Å². The minimum atomic E-state index is -0.218. The Labute approximate surface area is 163 Å². The van der Waals surface area contributed by atoms with E-state index in [1.165, 1.54) is 19.8 Å². The molecular weight excluding hydrogens is 340 g/mol. The van der Waals surface area contributed by atoms with Gasteiger partial charge in [-0.15, -0.1) is 0 Å². The van der Waals surface area contributed by atoms with Gasteiger partial charge in [-0.25, -0.2) is 0 Å². The van der Waals surface area contributed by atoms with E-state index >= 15 is 0 Å². The summed E-state index contributed by atoms with van der Waals surface area (Å²) < 4.78 is 5.94. The maximum atomic E-state index is 12.5. The Morgan fingerprint density at radius 3 is 2.37 bits per heavy atom. The van der Waals surface area contributed by atoms with Gasteiger partial charge >= 0.3 is 5.97 Å². The van der Waals surface area contributed by atoms with Crippen LogP contribution in [0.2, 0.25) is 0 Å². The summed E-state index contributed by atoms with van der Waals surface area (Å²) in [5, 5.41) is 10.2. The van der Waals surface area contributed by atoms with Crippen LogP contribution in [-0.4, -0.2) is 29.1 Å². The molecular formula is C23H36O4. The van der Waals surface area contributed by atoms with Gasteiger partial charge in [0.25, 0.3) is 0 Å². The number of Topliss-reactive ketones (excluding diaryl/α,β-unsaturated/α-hetero) is 1. The minimum Gasteiger partial charge on any atom is -0.462 e. The summed E-state index contributed by atoms with van der Waals surface area (Å²) >= 11 is 0. The lowest BCUT2D eigenvalue weighted by Crippen LogP contribution is -2.59. The van der Waals surface area contributed by atoms with Gasteiger partial charge in [-0.1, -0.05) is 13.8 Å². The highest BCUT2D eigenvalue weighted by atomic mass is 16.5. The predicted molar refractivity (Wildman–Crippen MR) is 103 cm³/mol. The molecule has 4 nitrogen and oxygen atoms in total. The van der Waals surface area contributed by atoms with E-state index in [1.54, 1.807) is 6.92 Å². The summed E-state index contributed by atoms with van der Waals surface area (Å²) in [6.45, 7) is 7.89. The molecule has 3 unspecified atom stereocenters. The van der Waals surface area contributed by atoms with Crippen LogP contribution >= 0.6 is 0 Å². The third kappa shape index (κ3) is 2.81. The van der Waals surface area contributed by atoms with Gasteiger partial charge in [0.15, 0.2) is 0 Å². The second kappa shape index (κ2) is 6.57. The molecule has 9 atom stereocenters. The van der Waals surface area contributed by atoms with E-state index in [4.69, 9.17) is 4.74 Å². The summed E-state index contributed by atoms with van der Waals surface area (Å²) in [7, 11) is 0. The van der Waals surface area contributed by atoms with Crippen molar-refractivity contribution in [1.29, 1.82) is 0 Å². The van der Waals surface area contributed by atoms with Crippen LogP contribution in [0.5, 0.6) is 0 Å². The molecule has 4 fully saturated rings. The average molecular weight is 377 g/mol. The molecule has 0 aromatic carbocycles. The Bertz CT molecular complexity index is 630. The SMILES string of the molecule is CC(=O)O[C@H]1CC2C(CC[C@@H]3C[C@H](O)CC[C@]23C)C2CC[C@H](C(C)=O)[C@]21C. The van der Waals surface area contributed by atoms with Crippen molar-refractivity contribution in [2.75, 3.05) is 0 Å². The normalized spacial score (nSPS) is 51.7. The summed E-state index contributed by atoms with van der Waals surface area (Å²) in [5.74, 6) is 2.28. The predicted octanol–water partition coefficient (Wildman–Crippen LogP) is 4.14. The van der Waals surface area contributed by atoms with Gasteiger partial charge in [-0.2, -0.15) is 0 Å². The number of ether oxygens (including phenoxy) is 1. The minimum absolute atomic E-state index is 0.0199. The number of aliphatic hydroxyl groups excluding tert-OH is 1. The van der Waals surface area contributed by atoms with Gasteiger partial charge in [0.2, 0.25) is 0 Å². The number of esters is 1. The number of carbonyl (C=O) groups excluding carboxylic acids is 2. The first-order valence-corrected chi connectivity index (χ1v) is 11.0. The van der Waals surface area contributed by atoms with E-state index in [0.29, 0.717) is 23.7 Å². The first kappa shape index (κ1) is 19.4. The second-order valence-electron chi connectivity index (χ2n) is 10.5. The van der Waals surface area contributed by atoms with Gasteiger partial charge < -0.3 is 9.84 Å². The lowest BCUT2D eigenvalue weighted by molar-refractivity contribution is -0.194. The number of fused-ring (bicyclic) bond motifs is 5. The topological polar surface area (TPSA) is 63.6 Å². The fraction of sp³-hybridized carbons (Fsp3) is 0.913. The van der Waals surface area contributed by atoms with E-state index in [0.717, 1.165) is 38.5 Å². The molecule has 1 N–H and O–H groups in total. The second-order valence-corrected chi connectivity index (χ2v) is 10.5. The zero-order chi connectivity index (χ0) is 19.6. The van der Waals surface area contributed by atoms with E-state index in [9.17, 15) is 14.7 Å². The molecule has 4 heteroatoms. The van der Waals surface area contributed by atoms with Crippen molar-refractivity contribution < 1.29 is 19.4 Å². The number of rotatable bonds is 2. The van der Waals surface area contributed by atoms with Crippen LogP contribution in [-0.2, 0) is 14.3 Å². The van der Waals surface area contributed by atoms with Crippen molar-refractivity contribution in [3.63, 3.8) is 0 Å². The standard InChI is InChI=1S/C23H36O4/c1-13(24)18-7-8-19-17-6-5-15-11-16(26)9-10-22(15,3)20(17)12-21(23(18,19)4)27-14(2)25/h15-21,26H,5-12H2,1-4H3/t15-,16-,17?,18-,19?,20?,21+,22+,23-/m1/s1. The van der Waals surface area contributed by atoms with Gasteiger partial charge in [-0.05, 0) is 87.4 Å². The first-order valence-electron chi connectivity index (χ1n) is 11.0. The zero-order valence-corrected chi connectivity index (χ0v) is 17.4. The van der Waals surface area contributed by atoms with E-state index in [-0.39, 0.29) is 40.7 Å². The van der Waals surface area contributed by atoms with Crippen molar-refractivity contribution in [2.45, 2.75) is 91.3 Å². The summed E-state index contributed by atoms with van der Waals surface area (Å²) in [5.41, 5.74) is 0.0201. The average Bonchev–Trinajstić information content (AvgIpc) is 2.95. The van der Waals surface area contributed by atoms with Gasteiger partial charge in [-0.3, -0.25) is 9.59 Å². The van der Waals surface area contributed by atoms with Crippen molar-refractivity contribution in [2.24, 2.45) is 40.4 Å². The van der Waals surface area contributed by atoms with Gasteiger partial charge in [0.1, 0.15) is 11.9 Å². The molecule has 0 aromatic rings. The Kier molecular flexibility index (Phi) is 4.73. The van der Waals surface area contributed by atoms with Crippen LogP contribution < -0.4 is 0 Å². The molecule has 4 aliphatic rings. The van der Waals surface area contributed by atoms with Crippen molar-refractivity contribution in [1.82, 2.24) is 0 Å². The smallest absolute Gasteiger partial charge is 0.302 e. The third-order valence-corrected chi connectivity index (χ3v) is 9.51. The molecule has 0 heterocycles. The lowest BCUT2D eigenvalue weighted by Gasteiger charge is -2.62. The molecule has 0 radical (unpaired) electrons. The Balaban J connectivity index is 1.71. The van der Waals surface area contributed by atoms with Crippen LogP contribution in [0.3, 0.4) is 0 Å². The summed E-state index contributed by atoms with van der Waals surface area (Å²) in [6, 6.07) is 0. The Morgan fingerprint density at radius 2 is 1.70 bits per heavy atom. The van der Waals surface area contributed by atoms with Crippen LogP contribution in [0.15, 0.2) is 0 Å². The molecule has 0 bridgehead atoms. The zero-order valence-electron chi connectivity index (χ0n) is 17.4. The molecule has 152 valence electrons. The first-order chi connectivity index (χ1) is 12.7. The Hall–Kier alpha value is -0.900. The monoisotopic (exact) mass is 376 g/mol. The number of carbonyl (C=O) groups is 2. The molecule has 0 aliphatic heterocycles. The summed E-state index contributed by atoms with van der Waals surface area (Å²) in [6.07, 6.45) is 7.92. The molecule has 4 aliphatic carbocycles. The van der Waals surface area contributed by atoms with Crippen molar-refractivity contribution in [3.05, 3.63) is 0 Å². The fourth-order valence-electron chi connectivity index (χ4n) is 8.21. The molecule has 27 heavy (non-hydrogen) atoms. The number of hydrogen-bond donors (Lipinski definition) is 1. The highest BCUT2D eigenvalue weighted by Gasteiger charge is 2.65. The van der Waals surface area contributed by atoms with Crippen LogP contribution in [0.25, 0.3) is 0 Å². The number of ketones is 1. The van der Waals surface area contributed by atoms with Gasteiger partial charge in [0, 0.05) is 18.3 Å². The molecule has 4 rings (SSSR count).